The lowest BCUT2D eigenvalue weighted by Crippen LogP contribution is -2.66. The topological polar surface area (TPSA) is 49.3 Å². The van der Waals surface area contributed by atoms with E-state index < -0.39 is 12.0 Å². The van der Waals surface area contributed by atoms with E-state index in [1.165, 1.54) is 25.9 Å². The Bertz CT molecular complexity index is 495. The van der Waals surface area contributed by atoms with Crippen molar-refractivity contribution in [3.63, 3.8) is 0 Å². The number of benzene rings is 1. The summed E-state index contributed by atoms with van der Waals surface area (Å²) in [6, 6.07) is 9.77. The largest absolute Gasteiger partial charge is 0.480 e. The Morgan fingerprint density at radius 1 is 1.33 bits per heavy atom. The molecule has 0 unspecified atom stereocenters. The minimum atomic E-state index is -0.738. The zero-order chi connectivity index (χ0) is 14.9. The van der Waals surface area contributed by atoms with E-state index in [1.807, 2.05) is 30.3 Å². The van der Waals surface area contributed by atoms with Crippen LogP contribution in [0.4, 0.5) is 0 Å². The lowest BCUT2D eigenvalue weighted by molar-refractivity contribution is -0.926. The van der Waals surface area contributed by atoms with Crippen molar-refractivity contribution >= 4 is 5.97 Å². The second-order valence-corrected chi connectivity index (χ2v) is 6.94. The third-order valence-corrected chi connectivity index (χ3v) is 5.28. The highest BCUT2D eigenvalue weighted by atomic mass is 16.4. The number of carboxylic acids is 1. The molecule has 0 aliphatic carbocycles. The number of carboxylic acid groups (broad SMARTS) is 1. The van der Waals surface area contributed by atoms with E-state index in [4.69, 9.17) is 0 Å². The Balaban J connectivity index is 1.67. The first-order valence-electron chi connectivity index (χ1n) is 7.92. The number of quaternary nitrogens is 1. The van der Waals surface area contributed by atoms with Gasteiger partial charge in [-0.2, -0.15) is 0 Å². The summed E-state index contributed by atoms with van der Waals surface area (Å²) in [4.78, 5) is 11.6. The summed E-state index contributed by atoms with van der Waals surface area (Å²) in [7, 11) is 2.30. The third kappa shape index (κ3) is 3.27. The number of nitrogens with one attached hydrogen (secondary N) is 1. The molecular weight excluding hydrogens is 264 g/mol. The van der Waals surface area contributed by atoms with Crippen LogP contribution in [0.15, 0.2) is 30.3 Å². The fourth-order valence-electron chi connectivity index (χ4n) is 3.93. The van der Waals surface area contributed by atoms with Gasteiger partial charge in [0.2, 0.25) is 0 Å². The molecule has 4 rings (SSSR count). The smallest absolute Gasteiger partial charge is 0.321 e. The van der Waals surface area contributed by atoms with Gasteiger partial charge in [-0.15, -0.1) is 0 Å². The van der Waals surface area contributed by atoms with Crippen LogP contribution in [-0.4, -0.2) is 54.3 Å². The van der Waals surface area contributed by atoms with Crippen LogP contribution in [0.5, 0.6) is 0 Å². The number of piperidine rings is 3. The fourth-order valence-corrected chi connectivity index (χ4v) is 3.93. The van der Waals surface area contributed by atoms with Gasteiger partial charge < -0.3 is 9.59 Å². The zero-order valence-electron chi connectivity index (χ0n) is 12.7. The monoisotopic (exact) mass is 289 g/mol. The molecule has 4 heteroatoms. The maximum Gasteiger partial charge on any atom is 0.321 e. The first-order valence-corrected chi connectivity index (χ1v) is 7.92. The second-order valence-electron chi connectivity index (χ2n) is 6.94. The van der Waals surface area contributed by atoms with Crippen LogP contribution >= 0.6 is 0 Å². The van der Waals surface area contributed by atoms with Crippen LogP contribution in [0.1, 0.15) is 18.4 Å². The van der Waals surface area contributed by atoms with Gasteiger partial charge in [-0.25, -0.2) is 0 Å². The highest BCUT2D eigenvalue weighted by Gasteiger charge is 2.44. The van der Waals surface area contributed by atoms with Gasteiger partial charge >= 0.3 is 5.97 Å². The molecule has 21 heavy (non-hydrogen) atoms. The van der Waals surface area contributed by atoms with Gasteiger partial charge in [-0.3, -0.25) is 10.1 Å². The first kappa shape index (κ1) is 14.5. The number of hydrogen-bond donors (Lipinski definition) is 2. The number of aliphatic carboxylic acids is 1. The summed E-state index contributed by atoms with van der Waals surface area (Å²) in [5.41, 5.74) is 1.08. The predicted octanol–water partition coefficient (Wildman–Crippen LogP) is 1.51. The van der Waals surface area contributed by atoms with Crippen molar-refractivity contribution in [1.82, 2.24) is 5.32 Å². The average Bonchev–Trinajstić information content (AvgIpc) is 2.48. The van der Waals surface area contributed by atoms with Gasteiger partial charge in [-0.05, 0) is 17.9 Å². The molecule has 4 nitrogen and oxygen atoms in total. The molecule has 1 aromatic carbocycles. The molecule has 2 bridgehead atoms. The predicted molar refractivity (Wildman–Crippen MR) is 82.0 cm³/mol. The van der Waals surface area contributed by atoms with Gasteiger partial charge in [-0.1, -0.05) is 30.3 Å². The molecule has 2 atom stereocenters. The molecule has 2 N–H and O–H groups in total. The highest BCUT2D eigenvalue weighted by molar-refractivity contribution is 5.74. The third-order valence-electron chi connectivity index (χ3n) is 5.28. The number of hydrogen-bond acceptors (Lipinski definition) is 2. The van der Waals surface area contributed by atoms with Gasteiger partial charge in [0.1, 0.15) is 6.04 Å². The minimum Gasteiger partial charge on any atom is -0.480 e. The molecular formula is C17H25N2O2+. The van der Waals surface area contributed by atoms with E-state index in [0.29, 0.717) is 18.4 Å². The van der Waals surface area contributed by atoms with E-state index in [2.05, 4.69) is 12.4 Å². The summed E-state index contributed by atoms with van der Waals surface area (Å²) in [5, 5.41) is 13.0. The molecule has 1 aromatic rings. The van der Waals surface area contributed by atoms with Crippen molar-refractivity contribution in [3.8, 4) is 0 Å². The Labute approximate surface area is 126 Å². The van der Waals surface area contributed by atoms with Crippen LogP contribution in [-0.2, 0) is 11.2 Å². The molecule has 3 aliphatic heterocycles. The molecule has 3 aliphatic rings. The molecule has 3 saturated heterocycles. The van der Waals surface area contributed by atoms with Gasteiger partial charge in [0.25, 0.3) is 0 Å². The maximum atomic E-state index is 11.6. The van der Waals surface area contributed by atoms with Crippen LogP contribution in [0.25, 0.3) is 0 Å². The zero-order valence-corrected chi connectivity index (χ0v) is 12.7. The second kappa shape index (κ2) is 5.78. The summed E-state index contributed by atoms with van der Waals surface area (Å²) >= 11 is 0. The SMILES string of the molecule is C[N+]12CCC(CC1)[C@H](N[C@@H](Cc1ccccc1)C(=O)O)C2. The molecule has 3 fully saturated rings. The van der Waals surface area contributed by atoms with Crippen molar-refractivity contribution in [2.24, 2.45) is 5.92 Å². The fraction of sp³-hybridized carbons (Fsp3) is 0.588. The Hall–Kier alpha value is -1.39. The Kier molecular flexibility index (Phi) is 4.00. The quantitative estimate of drug-likeness (QED) is 0.808. The highest BCUT2D eigenvalue weighted by Crippen LogP contribution is 2.32. The van der Waals surface area contributed by atoms with Crippen LogP contribution in [0.3, 0.4) is 0 Å². The number of likely N-dealkylation sites (N-methyl/N-ethyl adjacent to an activating group) is 1. The normalized spacial score (nSPS) is 32.8. The Morgan fingerprint density at radius 2 is 2.00 bits per heavy atom. The lowest BCUT2D eigenvalue weighted by atomic mass is 9.81. The molecule has 0 saturated carbocycles. The van der Waals surface area contributed by atoms with E-state index in [0.717, 1.165) is 16.6 Å². The summed E-state index contributed by atoms with van der Waals surface area (Å²) in [5.74, 6) is -0.0828. The van der Waals surface area contributed by atoms with Crippen LogP contribution in [0.2, 0.25) is 0 Å². The van der Waals surface area contributed by atoms with Crippen molar-refractivity contribution in [3.05, 3.63) is 35.9 Å². The van der Waals surface area contributed by atoms with Gasteiger partial charge in [0.05, 0.1) is 32.7 Å². The number of fused-ring (bicyclic) bond motifs is 3. The molecule has 3 heterocycles. The minimum absolute atomic E-state index is 0.349. The molecule has 0 amide bonds. The Morgan fingerprint density at radius 3 is 2.57 bits per heavy atom. The standard InChI is InChI=1S/C17H24N2O2/c1-19-9-7-14(8-10-19)16(12-19)18-15(17(20)21)11-13-5-3-2-4-6-13/h2-6,14-16,18H,7-12H2,1H3/p+1/t14?,15-,16+,19?/m0/s1. The van der Waals surface area contributed by atoms with E-state index in [9.17, 15) is 9.90 Å². The number of nitrogens with zero attached hydrogens (tertiary/aromatic N) is 1. The van der Waals surface area contributed by atoms with Crippen molar-refractivity contribution in [2.75, 3.05) is 26.7 Å². The number of rotatable bonds is 5. The van der Waals surface area contributed by atoms with Crippen molar-refractivity contribution in [2.45, 2.75) is 31.3 Å². The van der Waals surface area contributed by atoms with Gasteiger partial charge in [0.15, 0.2) is 0 Å². The maximum absolute atomic E-state index is 11.6. The molecule has 0 aromatic heterocycles. The van der Waals surface area contributed by atoms with E-state index in [-0.39, 0.29) is 0 Å². The van der Waals surface area contributed by atoms with Crippen molar-refractivity contribution < 1.29 is 14.4 Å². The summed E-state index contributed by atoms with van der Waals surface area (Å²) in [6.45, 7) is 3.57. The van der Waals surface area contributed by atoms with Crippen molar-refractivity contribution in [1.29, 1.82) is 0 Å². The molecule has 0 radical (unpaired) electrons. The summed E-state index contributed by atoms with van der Waals surface area (Å²) < 4.78 is 1.10. The first-order chi connectivity index (χ1) is 10.1. The van der Waals surface area contributed by atoms with E-state index >= 15 is 0 Å². The van der Waals surface area contributed by atoms with Crippen LogP contribution < -0.4 is 5.32 Å². The average molecular weight is 289 g/mol. The molecule has 0 spiro atoms. The number of carbonyl (C=O) groups is 1. The van der Waals surface area contributed by atoms with Gasteiger partial charge in [0, 0.05) is 12.8 Å². The molecule has 114 valence electrons. The van der Waals surface area contributed by atoms with Crippen LogP contribution in [0, 0.1) is 5.92 Å². The summed E-state index contributed by atoms with van der Waals surface area (Å²) in [6.07, 6.45) is 3.01. The lowest BCUT2D eigenvalue weighted by Gasteiger charge is -2.51. The van der Waals surface area contributed by atoms with E-state index in [1.54, 1.807) is 0 Å².